The number of nitrogens with one attached hydrogen (secondary N) is 2. The zero-order valence-electron chi connectivity index (χ0n) is 7.05. The highest BCUT2D eigenvalue weighted by Crippen LogP contribution is 1.87. The summed E-state index contributed by atoms with van der Waals surface area (Å²) in [6.07, 6.45) is 1.13. The van der Waals surface area contributed by atoms with Gasteiger partial charge in [0.05, 0.1) is 0 Å². The molecule has 0 fully saturated rings. The number of amides is 1. The third kappa shape index (κ3) is 7.29. The van der Waals surface area contributed by atoms with Crippen LogP contribution in [-0.2, 0) is 4.79 Å². The van der Waals surface area contributed by atoms with Gasteiger partial charge < -0.3 is 5.32 Å². The Bertz CT molecular complexity index is 115. The fraction of sp³-hybridized carbons (Fsp3) is 0.857. The minimum Gasteiger partial charge on any atom is -0.315 e. The Morgan fingerprint density at radius 3 is 2.64 bits per heavy atom. The number of rotatable bonds is 5. The molecule has 0 aromatic heterocycles. The first kappa shape index (κ1) is 10.4. The molecule has 0 rings (SSSR count). The normalized spacial score (nSPS) is 10.2. The van der Waals surface area contributed by atoms with E-state index in [4.69, 9.17) is 5.21 Å². The van der Waals surface area contributed by atoms with Crippen molar-refractivity contribution < 1.29 is 10.0 Å². The van der Waals surface area contributed by atoms with Gasteiger partial charge in [-0.25, -0.2) is 5.48 Å². The molecule has 11 heavy (non-hydrogen) atoms. The lowest BCUT2D eigenvalue weighted by molar-refractivity contribution is -0.129. The van der Waals surface area contributed by atoms with Gasteiger partial charge in [0.2, 0.25) is 5.91 Å². The van der Waals surface area contributed by atoms with E-state index in [1.807, 2.05) is 13.8 Å². The maximum atomic E-state index is 10.5. The molecule has 0 bridgehead atoms. The first-order valence-electron chi connectivity index (χ1n) is 3.83. The molecule has 0 aliphatic heterocycles. The minimum absolute atomic E-state index is 0.324. The van der Waals surface area contributed by atoms with Gasteiger partial charge in [-0.3, -0.25) is 10.0 Å². The van der Waals surface area contributed by atoms with Crippen LogP contribution in [0, 0.1) is 0 Å². The molecule has 0 saturated carbocycles. The zero-order chi connectivity index (χ0) is 8.69. The van der Waals surface area contributed by atoms with Crippen molar-refractivity contribution in [2.75, 3.05) is 6.54 Å². The van der Waals surface area contributed by atoms with Crippen molar-refractivity contribution in [3.8, 4) is 0 Å². The van der Waals surface area contributed by atoms with E-state index < -0.39 is 0 Å². The van der Waals surface area contributed by atoms with Crippen molar-refractivity contribution in [1.82, 2.24) is 10.8 Å². The second-order valence-electron chi connectivity index (χ2n) is 2.75. The summed E-state index contributed by atoms with van der Waals surface area (Å²) in [6.45, 7) is 4.91. The van der Waals surface area contributed by atoms with Gasteiger partial charge in [0.15, 0.2) is 0 Å². The van der Waals surface area contributed by atoms with Crippen LogP contribution >= 0.6 is 0 Å². The van der Waals surface area contributed by atoms with E-state index >= 15 is 0 Å². The average Bonchev–Trinajstić information content (AvgIpc) is 1.97. The molecule has 0 aliphatic rings. The van der Waals surface area contributed by atoms with Gasteiger partial charge in [0.1, 0.15) is 0 Å². The Morgan fingerprint density at radius 1 is 1.55 bits per heavy atom. The molecule has 0 atom stereocenters. The van der Waals surface area contributed by atoms with Crippen LogP contribution in [-0.4, -0.2) is 23.7 Å². The first-order valence-corrected chi connectivity index (χ1v) is 3.83. The van der Waals surface area contributed by atoms with Crippen LogP contribution in [0.1, 0.15) is 26.7 Å². The quantitative estimate of drug-likeness (QED) is 0.307. The van der Waals surface area contributed by atoms with Gasteiger partial charge in [-0.05, 0) is 13.0 Å². The van der Waals surface area contributed by atoms with E-state index in [1.54, 1.807) is 5.48 Å². The van der Waals surface area contributed by atoms with E-state index in [-0.39, 0.29) is 5.91 Å². The number of carbonyl (C=O) groups excluding carboxylic acids is 1. The Labute approximate surface area is 66.9 Å². The molecular formula is C7H16N2O2. The first-order chi connectivity index (χ1) is 5.16. The van der Waals surface area contributed by atoms with Gasteiger partial charge >= 0.3 is 0 Å². The topological polar surface area (TPSA) is 61.4 Å². The molecule has 1 amide bonds. The summed E-state index contributed by atoms with van der Waals surface area (Å²) >= 11 is 0. The summed E-state index contributed by atoms with van der Waals surface area (Å²) in [5.41, 5.74) is 1.59. The summed E-state index contributed by atoms with van der Waals surface area (Å²) in [4.78, 5) is 10.5. The second kappa shape index (κ2) is 6.12. The highest BCUT2D eigenvalue weighted by molar-refractivity contribution is 5.74. The number of hydrogen-bond donors (Lipinski definition) is 3. The molecule has 0 saturated heterocycles. The van der Waals surface area contributed by atoms with Crippen molar-refractivity contribution in [1.29, 1.82) is 0 Å². The van der Waals surface area contributed by atoms with Crippen molar-refractivity contribution >= 4 is 5.91 Å². The molecule has 0 spiro atoms. The number of hydroxylamine groups is 1. The van der Waals surface area contributed by atoms with Crippen LogP contribution < -0.4 is 10.8 Å². The highest BCUT2D eigenvalue weighted by atomic mass is 16.5. The van der Waals surface area contributed by atoms with E-state index in [0.717, 1.165) is 13.0 Å². The predicted octanol–water partition coefficient (Wildman–Crippen LogP) is 0.270. The molecule has 4 nitrogen and oxygen atoms in total. The van der Waals surface area contributed by atoms with Crippen molar-refractivity contribution in [3.05, 3.63) is 0 Å². The number of hydrogen-bond acceptors (Lipinski definition) is 3. The molecule has 0 aromatic carbocycles. The Morgan fingerprint density at radius 2 is 2.18 bits per heavy atom. The maximum Gasteiger partial charge on any atom is 0.243 e. The lowest BCUT2D eigenvalue weighted by Crippen LogP contribution is -2.25. The van der Waals surface area contributed by atoms with Gasteiger partial charge in [0, 0.05) is 12.5 Å². The standard InChI is InChI=1S/C7H16N2O2/c1-6(2)8-5-3-4-7(10)9-11/h6,8,11H,3-5H2,1-2H3,(H,9,10). The highest BCUT2D eigenvalue weighted by Gasteiger charge is 1.97. The molecule has 3 N–H and O–H groups in total. The third-order valence-electron chi connectivity index (χ3n) is 1.26. The molecule has 0 aromatic rings. The molecule has 4 heteroatoms. The Hall–Kier alpha value is -0.610. The van der Waals surface area contributed by atoms with Gasteiger partial charge in [-0.2, -0.15) is 0 Å². The molecular weight excluding hydrogens is 144 g/mol. The molecule has 66 valence electrons. The lowest BCUT2D eigenvalue weighted by Gasteiger charge is -2.06. The fourth-order valence-corrected chi connectivity index (χ4v) is 0.696. The Kier molecular flexibility index (Phi) is 5.78. The summed E-state index contributed by atoms with van der Waals surface area (Å²) in [6, 6.07) is 0.451. The second-order valence-corrected chi connectivity index (χ2v) is 2.75. The van der Waals surface area contributed by atoms with E-state index in [2.05, 4.69) is 5.32 Å². The van der Waals surface area contributed by atoms with Crippen LogP contribution in [0.15, 0.2) is 0 Å². The zero-order valence-corrected chi connectivity index (χ0v) is 7.05. The molecule has 0 heterocycles. The van der Waals surface area contributed by atoms with Gasteiger partial charge in [-0.1, -0.05) is 13.8 Å². The largest absolute Gasteiger partial charge is 0.315 e. The minimum atomic E-state index is -0.324. The van der Waals surface area contributed by atoms with Crippen molar-refractivity contribution in [2.45, 2.75) is 32.7 Å². The summed E-state index contributed by atoms with van der Waals surface area (Å²) in [5, 5.41) is 11.3. The van der Waals surface area contributed by atoms with Crippen LogP contribution in [0.4, 0.5) is 0 Å². The van der Waals surface area contributed by atoms with Crippen LogP contribution in [0.3, 0.4) is 0 Å². The van der Waals surface area contributed by atoms with Crippen molar-refractivity contribution in [3.63, 3.8) is 0 Å². The van der Waals surface area contributed by atoms with E-state index in [1.165, 1.54) is 0 Å². The fourth-order valence-electron chi connectivity index (χ4n) is 0.696. The summed E-state index contributed by atoms with van der Waals surface area (Å²) in [5.74, 6) is -0.324. The molecule has 0 aliphatic carbocycles. The van der Waals surface area contributed by atoms with Crippen LogP contribution in [0.2, 0.25) is 0 Å². The average molecular weight is 160 g/mol. The third-order valence-corrected chi connectivity index (χ3v) is 1.26. The molecule has 0 unspecified atom stereocenters. The SMILES string of the molecule is CC(C)NCCCC(=O)NO. The van der Waals surface area contributed by atoms with Gasteiger partial charge in [-0.15, -0.1) is 0 Å². The lowest BCUT2D eigenvalue weighted by atomic mass is 10.3. The Balaban J connectivity index is 3.08. The smallest absolute Gasteiger partial charge is 0.243 e. The predicted molar refractivity (Wildman–Crippen MR) is 42.3 cm³/mol. The van der Waals surface area contributed by atoms with Crippen molar-refractivity contribution in [2.24, 2.45) is 0 Å². The maximum absolute atomic E-state index is 10.5. The summed E-state index contributed by atoms with van der Waals surface area (Å²) < 4.78 is 0. The van der Waals surface area contributed by atoms with E-state index in [9.17, 15) is 4.79 Å². The van der Waals surface area contributed by atoms with Gasteiger partial charge in [0.25, 0.3) is 0 Å². The molecule has 0 radical (unpaired) electrons. The monoisotopic (exact) mass is 160 g/mol. The van der Waals surface area contributed by atoms with Crippen LogP contribution in [0.5, 0.6) is 0 Å². The van der Waals surface area contributed by atoms with Crippen LogP contribution in [0.25, 0.3) is 0 Å². The summed E-state index contributed by atoms with van der Waals surface area (Å²) in [7, 11) is 0. The number of carbonyl (C=O) groups is 1. The van der Waals surface area contributed by atoms with E-state index in [0.29, 0.717) is 12.5 Å².